The summed E-state index contributed by atoms with van der Waals surface area (Å²) in [7, 11) is 0. The summed E-state index contributed by atoms with van der Waals surface area (Å²) < 4.78 is 0.787. The van der Waals surface area contributed by atoms with Gasteiger partial charge >= 0.3 is 0 Å². The molecule has 0 spiro atoms. The molecule has 0 saturated carbocycles. The second-order valence-electron chi connectivity index (χ2n) is 4.19. The number of hydrogen-bond donors (Lipinski definition) is 3. The predicted molar refractivity (Wildman–Crippen MR) is 71.0 cm³/mol. The molecule has 1 aliphatic rings. The summed E-state index contributed by atoms with van der Waals surface area (Å²) in [6, 6.07) is 6.65. The lowest BCUT2D eigenvalue weighted by Crippen LogP contribution is -2.37. The fourth-order valence-corrected chi connectivity index (χ4v) is 1.66. The van der Waals surface area contributed by atoms with Gasteiger partial charge in [0.05, 0.1) is 6.54 Å². The molecule has 20 heavy (non-hydrogen) atoms. The van der Waals surface area contributed by atoms with Crippen molar-refractivity contribution in [3.63, 3.8) is 0 Å². The second kappa shape index (κ2) is 5.91. The summed E-state index contributed by atoms with van der Waals surface area (Å²) >= 11 is 0. The third kappa shape index (κ3) is 3.37. The predicted octanol–water partition coefficient (Wildman–Crippen LogP) is -1.05. The highest BCUT2D eigenvalue weighted by Gasteiger charge is 2.16. The van der Waals surface area contributed by atoms with Gasteiger partial charge in [-0.2, -0.15) is 4.99 Å². The van der Waals surface area contributed by atoms with Crippen LogP contribution in [0.4, 0.5) is 0 Å². The van der Waals surface area contributed by atoms with Crippen molar-refractivity contribution in [2.75, 3.05) is 19.9 Å². The van der Waals surface area contributed by atoms with Gasteiger partial charge in [0.1, 0.15) is 5.84 Å². The lowest BCUT2D eigenvalue weighted by atomic mass is 10.1. The van der Waals surface area contributed by atoms with Crippen LogP contribution in [0.2, 0.25) is 0 Å². The van der Waals surface area contributed by atoms with E-state index in [-0.39, 0.29) is 25.8 Å². The molecule has 0 radical (unpaired) electrons. The lowest BCUT2D eigenvalue weighted by molar-refractivity contribution is -0.552. The van der Waals surface area contributed by atoms with Gasteiger partial charge in [-0.3, -0.25) is 9.59 Å². The number of nitrogens with one attached hydrogen (secondary N) is 2. The summed E-state index contributed by atoms with van der Waals surface area (Å²) in [5.74, 6) is -0.362. The van der Waals surface area contributed by atoms with Crippen molar-refractivity contribution in [1.29, 1.82) is 0 Å². The van der Waals surface area contributed by atoms with Gasteiger partial charge in [-0.15, -0.1) is 0 Å². The molecule has 0 atom stereocenters. The highest BCUT2D eigenvalue weighted by molar-refractivity contribution is 6.01. The Kier molecular flexibility index (Phi) is 4.04. The minimum atomic E-state index is -0.599. The van der Waals surface area contributed by atoms with Gasteiger partial charge in [0.15, 0.2) is 0 Å². The highest BCUT2D eigenvalue weighted by Crippen LogP contribution is 2.06. The van der Waals surface area contributed by atoms with Gasteiger partial charge in [-0.1, -0.05) is 12.1 Å². The first-order chi connectivity index (χ1) is 9.56. The molecule has 0 aromatic heterocycles. The molecule has 4 N–H and O–H groups in total. The van der Waals surface area contributed by atoms with Crippen LogP contribution in [0.25, 0.3) is 0 Å². The quantitative estimate of drug-likeness (QED) is 0.608. The SMILES string of the molecule is NC(=O)CNC(=O)c1ccc(C2=NC[N+](=O)CN2)cc1. The molecule has 0 saturated heterocycles. The molecule has 0 aliphatic carbocycles. The summed E-state index contributed by atoms with van der Waals surface area (Å²) in [4.78, 5) is 37.3. The number of amidine groups is 1. The van der Waals surface area contributed by atoms with E-state index in [0.29, 0.717) is 11.4 Å². The molecular weight excluding hydrogens is 262 g/mol. The van der Waals surface area contributed by atoms with Gasteiger partial charge in [-0.05, 0) is 12.1 Å². The Morgan fingerprint density at radius 1 is 1.35 bits per heavy atom. The van der Waals surface area contributed by atoms with E-state index in [1.165, 1.54) is 0 Å². The van der Waals surface area contributed by atoms with Crippen LogP contribution in [0.3, 0.4) is 0 Å². The maximum atomic E-state index is 11.7. The van der Waals surface area contributed by atoms with E-state index in [4.69, 9.17) is 5.73 Å². The molecule has 2 rings (SSSR count). The fourth-order valence-electron chi connectivity index (χ4n) is 1.66. The topological polar surface area (TPSA) is 117 Å². The normalized spacial score (nSPS) is 14.2. The fraction of sp³-hybridized carbons (Fsp3) is 0.250. The molecule has 1 aromatic carbocycles. The van der Waals surface area contributed by atoms with Crippen LogP contribution >= 0.6 is 0 Å². The molecule has 1 aromatic rings. The summed E-state index contributed by atoms with van der Waals surface area (Å²) in [6.07, 6.45) is 0. The van der Waals surface area contributed by atoms with Crippen molar-refractivity contribution in [3.05, 3.63) is 40.3 Å². The number of rotatable bonds is 4. The number of aliphatic imine (C=N–C) groups is 1. The van der Waals surface area contributed by atoms with Crippen molar-refractivity contribution in [3.8, 4) is 0 Å². The Morgan fingerprint density at radius 2 is 2.05 bits per heavy atom. The maximum absolute atomic E-state index is 11.7. The summed E-state index contributed by atoms with van der Waals surface area (Å²) in [6.45, 7) is 0.0665. The molecule has 0 fully saturated rings. The molecule has 104 valence electrons. The monoisotopic (exact) mass is 276 g/mol. The number of primary amides is 1. The van der Waals surface area contributed by atoms with E-state index >= 15 is 0 Å². The average molecular weight is 276 g/mol. The van der Waals surface area contributed by atoms with Gasteiger partial charge in [0, 0.05) is 20.8 Å². The van der Waals surface area contributed by atoms with Crippen LogP contribution in [-0.2, 0) is 4.79 Å². The van der Waals surface area contributed by atoms with Crippen molar-refractivity contribution in [2.24, 2.45) is 10.7 Å². The lowest BCUT2D eigenvalue weighted by Gasteiger charge is -2.10. The Hall–Kier alpha value is -2.77. The van der Waals surface area contributed by atoms with Crippen LogP contribution in [0.1, 0.15) is 15.9 Å². The number of hydrogen-bond acceptors (Lipinski definition) is 5. The van der Waals surface area contributed by atoms with Gasteiger partial charge in [0.2, 0.25) is 5.91 Å². The van der Waals surface area contributed by atoms with Crippen LogP contribution in [0.5, 0.6) is 0 Å². The third-order valence-electron chi connectivity index (χ3n) is 2.65. The van der Waals surface area contributed by atoms with E-state index in [2.05, 4.69) is 15.6 Å². The van der Waals surface area contributed by atoms with Crippen LogP contribution in [0, 0.1) is 4.91 Å². The van der Waals surface area contributed by atoms with E-state index in [1.54, 1.807) is 24.3 Å². The van der Waals surface area contributed by atoms with Gasteiger partial charge in [0.25, 0.3) is 19.2 Å². The Morgan fingerprint density at radius 3 is 2.60 bits per heavy atom. The van der Waals surface area contributed by atoms with Crippen molar-refractivity contribution < 1.29 is 14.3 Å². The summed E-state index contributed by atoms with van der Waals surface area (Å²) in [5.41, 5.74) is 6.14. The van der Waals surface area contributed by atoms with E-state index < -0.39 is 5.91 Å². The molecule has 0 unspecified atom stereocenters. The zero-order chi connectivity index (χ0) is 14.5. The van der Waals surface area contributed by atoms with E-state index in [9.17, 15) is 14.5 Å². The number of carbonyl (C=O) groups is 2. The Balaban J connectivity index is 2.04. The largest absolute Gasteiger partial charge is 0.368 e. The number of nitrogens with zero attached hydrogens (tertiary/aromatic N) is 2. The first-order valence-electron chi connectivity index (χ1n) is 5.93. The molecule has 1 heterocycles. The first kappa shape index (κ1) is 13.7. The smallest absolute Gasteiger partial charge is 0.287 e. The number of amides is 2. The van der Waals surface area contributed by atoms with Crippen LogP contribution < -0.4 is 16.4 Å². The minimum absolute atomic E-state index is 0.0865. The molecule has 2 amide bonds. The van der Waals surface area contributed by atoms with E-state index in [1.807, 2.05) is 0 Å². The number of benzene rings is 1. The van der Waals surface area contributed by atoms with Crippen molar-refractivity contribution in [2.45, 2.75) is 0 Å². The number of nitroso groups, excluding NO2 is 1. The Bertz CT molecular complexity index is 579. The zero-order valence-corrected chi connectivity index (χ0v) is 10.6. The first-order valence-corrected chi connectivity index (χ1v) is 5.93. The number of carbonyl (C=O) groups excluding carboxylic acids is 2. The molecule has 8 nitrogen and oxygen atoms in total. The standard InChI is InChI=1S/C12H13N5O3/c13-10(18)5-14-12(19)9-3-1-8(2-4-9)11-15-6-17(20)7-16-11/h1-4H,5-7H2,(H3-,13,14,15,16,18,19)/p+1. The second-order valence-corrected chi connectivity index (χ2v) is 4.19. The molecule has 1 aliphatic heterocycles. The molecule has 8 heteroatoms. The maximum Gasteiger partial charge on any atom is 0.287 e. The highest BCUT2D eigenvalue weighted by atomic mass is 16.3. The molecular formula is C12H14N5O3+. The van der Waals surface area contributed by atoms with E-state index in [0.717, 1.165) is 10.3 Å². The minimum Gasteiger partial charge on any atom is -0.368 e. The Labute approximate surface area is 114 Å². The summed E-state index contributed by atoms with van der Waals surface area (Å²) in [5, 5.41) is 5.27. The van der Waals surface area contributed by atoms with Crippen LogP contribution in [-0.4, -0.2) is 42.3 Å². The van der Waals surface area contributed by atoms with Gasteiger partial charge < -0.3 is 16.4 Å². The number of nitrogens with two attached hydrogens (primary N) is 1. The third-order valence-corrected chi connectivity index (χ3v) is 2.65. The average Bonchev–Trinajstić information content (AvgIpc) is 2.46. The van der Waals surface area contributed by atoms with Crippen LogP contribution in [0.15, 0.2) is 29.3 Å². The van der Waals surface area contributed by atoms with Crippen molar-refractivity contribution in [1.82, 2.24) is 10.6 Å². The van der Waals surface area contributed by atoms with Crippen molar-refractivity contribution >= 4 is 17.6 Å². The van der Waals surface area contributed by atoms with Gasteiger partial charge in [-0.25, -0.2) is 0 Å². The zero-order valence-electron chi connectivity index (χ0n) is 10.6. The molecule has 0 bridgehead atoms.